The van der Waals surface area contributed by atoms with Crippen LogP contribution in [-0.4, -0.2) is 35.7 Å². The minimum Gasteiger partial charge on any atom is -0.493 e. The Hall–Kier alpha value is -3.22. The van der Waals surface area contributed by atoms with Crippen LogP contribution in [0.25, 0.3) is 0 Å². The Labute approximate surface area is 170 Å². The molecule has 29 heavy (non-hydrogen) atoms. The molecule has 0 aliphatic carbocycles. The van der Waals surface area contributed by atoms with Gasteiger partial charge in [-0.25, -0.2) is 0 Å². The molecule has 0 spiro atoms. The quantitative estimate of drug-likeness (QED) is 0.229. The molecule has 0 unspecified atom stereocenters. The molecule has 7 nitrogen and oxygen atoms in total. The van der Waals surface area contributed by atoms with Crippen molar-refractivity contribution in [2.45, 2.75) is 38.6 Å². The van der Waals surface area contributed by atoms with Crippen molar-refractivity contribution < 1.29 is 19.2 Å². The molecule has 2 rings (SSSR count). The van der Waals surface area contributed by atoms with Gasteiger partial charge in [0.1, 0.15) is 5.75 Å². The van der Waals surface area contributed by atoms with Crippen molar-refractivity contribution in [1.82, 2.24) is 4.90 Å². The summed E-state index contributed by atoms with van der Waals surface area (Å²) in [5, 5.41) is 10.9. The molecule has 1 amide bonds. The fourth-order valence-corrected chi connectivity index (χ4v) is 2.93. The Bertz CT molecular complexity index is 823. The summed E-state index contributed by atoms with van der Waals surface area (Å²) >= 11 is 0. The second-order valence-corrected chi connectivity index (χ2v) is 6.84. The maximum atomic E-state index is 12.2. The number of hydrogen-bond donors (Lipinski definition) is 0. The molecular weight excluding hydrogens is 372 g/mol. The summed E-state index contributed by atoms with van der Waals surface area (Å²) in [6.45, 7) is 1.04. The van der Waals surface area contributed by atoms with Gasteiger partial charge in [-0.3, -0.25) is 19.7 Å². The predicted molar refractivity (Wildman–Crippen MR) is 110 cm³/mol. The average Bonchev–Trinajstić information content (AvgIpc) is 2.73. The first kappa shape index (κ1) is 22.1. The lowest BCUT2D eigenvalue weighted by molar-refractivity contribution is -0.385. The minimum absolute atomic E-state index is 0.0317. The number of nitrogens with zero attached hydrogens (tertiary/aromatic N) is 2. The van der Waals surface area contributed by atoms with E-state index in [1.54, 1.807) is 11.0 Å². The van der Waals surface area contributed by atoms with E-state index in [1.807, 2.05) is 37.4 Å². The largest absolute Gasteiger partial charge is 0.493 e. The summed E-state index contributed by atoms with van der Waals surface area (Å²) in [4.78, 5) is 35.1. The van der Waals surface area contributed by atoms with Crippen LogP contribution in [0.3, 0.4) is 0 Å². The number of rotatable bonds is 12. The molecule has 7 heteroatoms. The molecule has 0 aliphatic rings. The van der Waals surface area contributed by atoms with Crippen molar-refractivity contribution >= 4 is 17.9 Å². The van der Waals surface area contributed by atoms with Crippen LogP contribution < -0.4 is 4.74 Å². The fraction of sp³-hybridized carbons (Fsp3) is 0.364. The maximum Gasteiger partial charge on any atom is 0.283 e. The summed E-state index contributed by atoms with van der Waals surface area (Å²) < 4.78 is 5.53. The van der Waals surface area contributed by atoms with Crippen molar-refractivity contribution in [2.75, 3.05) is 13.7 Å². The first-order valence-corrected chi connectivity index (χ1v) is 9.65. The van der Waals surface area contributed by atoms with Gasteiger partial charge >= 0.3 is 0 Å². The molecule has 0 aromatic heterocycles. The van der Waals surface area contributed by atoms with E-state index in [1.165, 1.54) is 12.1 Å². The van der Waals surface area contributed by atoms with Gasteiger partial charge in [-0.2, -0.15) is 0 Å². The van der Waals surface area contributed by atoms with Crippen molar-refractivity contribution in [3.8, 4) is 5.75 Å². The van der Waals surface area contributed by atoms with Crippen LogP contribution in [0.5, 0.6) is 5.75 Å². The average molecular weight is 398 g/mol. The standard InChI is InChI=1S/C22H26N2O5/c1-23(16-18-9-5-4-6-10-18)22(26)11-7-2-3-8-14-29-20-13-12-19(17-25)21(15-20)24(27)28/h4-6,9-10,12-13,15,17H,2-3,7-8,11,14,16H2,1H3. The van der Waals surface area contributed by atoms with Gasteiger partial charge in [0.05, 0.1) is 23.2 Å². The van der Waals surface area contributed by atoms with E-state index in [4.69, 9.17) is 4.74 Å². The summed E-state index contributed by atoms with van der Waals surface area (Å²) in [6.07, 6.45) is 4.40. The van der Waals surface area contributed by atoms with Gasteiger partial charge in [0.25, 0.3) is 5.69 Å². The SMILES string of the molecule is CN(Cc1ccccc1)C(=O)CCCCCCOc1ccc(C=O)c([N+](=O)[O-])c1. The third-order valence-electron chi connectivity index (χ3n) is 4.57. The Morgan fingerprint density at radius 3 is 2.52 bits per heavy atom. The van der Waals surface area contributed by atoms with Gasteiger partial charge in [0, 0.05) is 20.0 Å². The van der Waals surface area contributed by atoms with Crippen LogP contribution in [0.1, 0.15) is 48.0 Å². The highest BCUT2D eigenvalue weighted by molar-refractivity contribution is 5.81. The van der Waals surface area contributed by atoms with Crippen LogP contribution in [0.2, 0.25) is 0 Å². The number of carbonyl (C=O) groups is 2. The van der Waals surface area contributed by atoms with Gasteiger partial charge in [-0.15, -0.1) is 0 Å². The van der Waals surface area contributed by atoms with E-state index < -0.39 is 4.92 Å². The molecule has 0 fully saturated rings. The summed E-state index contributed by atoms with van der Waals surface area (Å²) in [6, 6.07) is 14.1. The smallest absolute Gasteiger partial charge is 0.283 e. The van der Waals surface area contributed by atoms with E-state index in [0.29, 0.717) is 31.6 Å². The summed E-state index contributed by atoms with van der Waals surface area (Å²) in [5.74, 6) is 0.507. The van der Waals surface area contributed by atoms with Crippen LogP contribution in [0, 0.1) is 10.1 Å². The topological polar surface area (TPSA) is 89.8 Å². The Balaban J connectivity index is 1.61. The van der Waals surface area contributed by atoms with Crippen molar-refractivity contribution in [3.63, 3.8) is 0 Å². The number of ether oxygens (including phenoxy) is 1. The van der Waals surface area contributed by atoms with E-state index in [0.717, 1.165) is 31.2 Å². The number of nitro groups is 1. The molecule has 0 bridgehead atoms. The molecule has 0 saturated carbocycles. The van der Waals surface area contributed by atoms with Gasteiger partial charge in [-0.05, 0) is 30.5 Å². The molecule has 0 N–H and O–H groups in total. The van der Waals surface area contributed by atoms with E-state index in [-0.39, 0.29) is 17.2 Å². The molecule has 2 aromatic carbocycles. The van der Waals surface area contributed by atoms with Crippen LogP contribution >= 0.6 is 0 Å². The van der Waals surface area contributed by atoms with Crippen molar-refractivity contribution in [1.29, 1.82) is 0 Å². The van der Waals surface area contributed by atoms with E-state index in [9.17, 15) is 19.7 Å². The number of nitro benzene ring substituents is 1. The van der Waals surface area contributed by atoms with Crippen LogP contribution in [-0.2, 0) is 11.3 Å². The molecular formula is C22H26N2O5. The highest BCUT2D eigenvalue weighted by Gasteiger charge is 2.14. The Morgan fingerprint density at radius 2 is 1.83 bits per heavy atom. The zero-order valence-corrected chi connectivity index (χ0v) is 16.6. The van der Waals surface area contributed by atoms with Gasteiger partial charge in [0.15, 0.2) is 6.29 Å². The lowest BCUT2D eigenvalue weighted by atomic mass is 10.1. The molecule has 0 radical (unpaired) electrons. The van der Waals surface area contributed by atoms with Gasteiger partial charge in [0.2, 0.25) is 5.91 Å². The van der Waals surface area contributed by atoms with Crippen molar-refractivity contribution in [3.05, 3.63) is 69.8 Å². The van der Waals surface area contributed by atoms with Gasteiger partial charge < -0.3 is 9.64 Å². The molecule has 0 heterocycles. The third kappa shape index (κ3) is 7.37. The Kier molecular flexibility index (Phi) is 8.82. The fourth-order valence-electron chi connectivity index (χ4n) is 2.93. The van der Waals surface area contributed by atoms with Crippen LogP contribution in [0.15, 0.2) is 48.5 Å². The summed E-state index contributed by atoms with van der Waals surface area (Å²) in [5.41, 5.74) is 0.891. The predicted octanol–water partition coefficient (Wildman–Crippen LogP) is 4.40. The van der Waals surface area contributed by atoms with Crippen molar-refractivity contribution in [2.24, 2.45) is 0 Å². The van der Waals surface area contributed by atoms with E-state index >= 15 is 0 Å². The number of aldehydes is 1. The van der Waals surface area contributed by atoms with Gasteiger partial charge in [-0.1, -0.05) is 43.2 Å². The lowest BCUT2D eigenvalue weighted by Crippen LogP contribution is -2.25. The number of benzene rings is 2. The molecule has 154 valence electrons. The minimum atomic E-state index is -0.595. The molecule has 0 aliphatic heterocycles. The zero-order chi connectivity index (χ0) is 21.1. The normalized spacial score (nSPS) is 10.4. The highest BCUT2D eigenvalue weighted by Crippen LogP contribution is 2.23. The highest BCUT2D eigenvalue weighted by atomic mass is 16.6. The van der Waals surface area contributed by atoms with Crippen LogP contribution in [0.4, 0.5) is 5.69 Å². The second-order valence-electron chi connectivity index (χ2n) is 6.84. The number of carbonyl (C=O) groups excluding carboxylic acids is 2. The molecule has 2 aromatic rings. The Morgan fingerprint density at radius 1 is 1.10 bits per heavy atom. The first-order valence-electron chi connectivity index (χ1n) is 9.65. The third-order valence-corrected chi connectivity index (χ3v) is 4.57. The first-order chi connectivity index (χ1) is 14.0. The summed E-state index contributed by atoms with van der Waals surface area (Å²) in [7, 11) is 1.82. The second kappa shape index (κ2) is 11.6. The zero-order valence-electron chi connectivity index (χ0n) is 16.6. The molecule has 0 atom stereocenters. The lowest BCUT2D eigenvalue weighted by Gasteiger charge is -2.17. The maximum absolute atomic E-state index is 12.2. The number of amides is 1. The number of unbranched alkanes of at least 4 members (excludes halogenated alkanes) is 3. The number of hydrogen-bond acceptors (Lipinski definition) is 5. The monoisotopic (exact) mass is 398 g/mol. The van der Waals surface area contributed by atoms with E-state index in [2.05, 4.69) is 0 Å². The molecule has 0 saturated heterocycles.